The predicted molar refractivity (Wildman–Crippen MR) is 107 cm³/mol. The van der Waals surface area contributed by atoms with Crippen LogP contribution >= 0.6 is 11.6 Å². The van der Waals surface area contributed by atoms with Crippen LogP contribution in [0.4, 0.5) is 14.9 Å². The summed E-state index contributed by atoms with van der Waals surface area (Å²) in [5.41, 5.74) is 4.58. The smallest absolute Gasteiger partial charge is 0.310 e. The highest BCUT2D eigenvalue weighted by molar-refractivity contribution is 6.30. The highest BCUT2D eigenvalue weighted by Gasteiger charge is 2.13. The lowest BCUT2D eigenvalue weighted by Gasteiger charge is -2.11. The summed E-state index contributed by atoms with van der Waals surface area (Å²) in [6.45, 7) is 0.0976. The second-order valence-corrected chi connectivity index (χ2v) is 6.46. The Balaban J connectivity index is 1.65. The van der Waals surface area contributed by atoms with E-state index in [4.69, 9.17) is 11.6 Å². The summed E-state index contributed by atoms with van der Waals surface area (Å²) in [7, 11) is 0. The standard InChI is InChI=1S/C20H16ClFN4O3/c21-14-5-2-7-16(11-14)23-20(29)25-24-18(27)17-8-3-9-26(19(17)28)12-13-4-1-6-15(22)10-13/h1-11H,12H2,(H,24,27)(H2,23,25,29). The number of hydrogen-bond donors (Lipinski definition) is 3. The van der Waals surface area contributed by atoms with Crippen molar-refractivity contribution in [2.75, 3.05) is 5.32 Å². The number of halogens is 2. The van der Waals surface area contributed by atoms with Crippen molar-refractivity contribution in [1.82, 2.24) is 15.4 Å². The lowest BCUT2D eigenvalue weighted by molar-refractivity contribution is 0.0936. The zero-order valence-electron chi connectivity index (χ0n) is 15.0. The molecule has 0 aliphatic rings. The van der Waals surface area contributed by atoms with Crippen LogP contribution in [0.25, 0.3) is 0 Å². The molecule has 3 N–H and O–H groups in total. The summed E-state index contributed by atoms with van der Waals surface area (Å²) in [5, 5.41) is 2.93. The van der Waals surface area contributed by atoms with Crippen molar-refractivity contribution in [3.63, 3.8) is 0 Å². The molecule has 0 radical (unpaired) electrons. The zero-order chi connectivity index (χ0) is 20.8. The second kappa shape index (κ2) is 9.03. The number of hydrazine groups is 1. The van der Waals surface area contributed by atoms with Crippen LogP contribution < -0.4 is 21.7 Å². The number of benzene rings is 2. The Bertz CT molecular complexity index is 1120. The normalized spacial score (nSPS) is 10.3. The minimum atomic E-state index is -0.787. The molecule has 0 fully saturated rings. The molecule has 0 bridgehead atoms. The molecule has 9 heteroatoms. The van der Waals surface area contributed by atoms with Crippen molar-refractivity contribution >= 4 is 29.2 Å². The number of nitrogens with zero attached hydrogens (tertiary/aromatic N) is 1. The monoisotopic (exact) mass is 414 g/mol. The Hall–Kier alpha value is -3.65. The first kappa shape index (κ1) is 20.1. The second-order valence-electron chi connectivity index (χ2n) is 6.03. The molecule has 7 nitrogen and oxygen atoms in total. The van der Waals surface area contributed by atoms with E-state index in [0.29, 0.717) is 16.3 Å². The van der Waals surface area contributed by atoms with Crippen molar-refractivity contribution in [1.29, 1.82) is 0 Å². The largest absolute Gasteiger partial charge is 0.337 e. The van der Waals surface area contributed by atoms with Gasteiger partial charge in [-0.05, 0) is 48.0 Å². The highest BCUT2D eigenvalue weighted by Crippen LogP contribution is 2.14. The summed E-state index contributed by atoms with van der Waals surface area (Å²) in [5.74, 6) is -1.20. The van der Waals surface area contributed by atoms with Gasteiger partial charge in [-0.25, -0.2) is 14.6 Å². The fourth-order valence-electron chi connectivity index (χ4n) is 2.58. The third-order valence-electron chi connectivity index (χ3n) is 3.88. The molecule has 3 amide bonds. The van der Waals surface area contributed by atoms with Crippen LogP contribution in [0.2, 0.25) is 5.02 Å². The molecular formula is C20H16ClFN4O3. The number of rotatable bonds is 4. The van der Waals surface area contributed by atoms with Gasteiger partial charge < -0.3 is 9.88 Å². The molecule has 1 aromatic heterocycles. The Kier molecular flexibility index (Phi) is 6.25. The zero-order valence-corrected chi connectivity index (χ0v) is 15.7. The summed E-state index contributed by atoms with van der Waals surface area (Å²) in [6, 6.07) is 14.4. The van der Waals surface area contributed by atoms with Gasteiger partial charge in [-0.2, -0.15) is 0 Å². The van der Waals surface area contributed by atoms with E-state index in [2.05, 4.69) is 16.2 Å². The number of carbonyl (C=O) groups excluding carboxylic acids is 2. The van der Waals surface area contributed by atoms with E-state index in [1.807, 2.05) is 0 Å². The number of amides is 3. The molecule has 1 heterocycles. The number of pyridine rings is 1. The summed E-state index contributed by atoms with van der Waals surface area (Å²) < 4.78 is 14.6. The maximum absolute atomic E-state index is 13.3. The number of carbonyl (C=O) groups is 2. The van der Waals surface area contributed by atoms with Crippen LogP contribution in [0.5, 0.6) is 0 Å². The van der Waals surface area contributed by atoms with Crippen LogP contribution in [-0.2, 0) is 6.54 Å². The SMILES string of the molecule is O=C(NNC(=O)c1cccn(Cc2cccc(F)c2)c1=O)Nc1cccc(Cl)c1. The van der Waals surface area contributed by atoms with E-state index in [1.165, 1.54) is 47.2 Å². The molecule has 3 rings (SSSR count). The summed E-state index contributed by atoms with van der Waals surface area (Å²) in [6.07, 6.45) is 1.49. The lowest BCUT2D eigenvalue weighted by atomic mass is 10.2. The van der Waals surface area contributed by atoms with Crippen molar-refractivity contribution in [2.45, 2.75) is 6.54 Å². The first-order valence-corrected chi connectivity index (χ1v) is 8.87. The minimum Gasteiger partial charge on any atom is -0.310 e. The summed E-state index contributed by atoms with van der Waals surface area (Å²) in [4.78, 5) is 36.7. The third kappa shape index (κ3) is 5.43. The van der Waals surface area contributed by atoms with Gasteiger partial charge in [0.25, 0.3) is 11.5 Å². The maximum Gasteiger partial charge on any atom is 0.337 e. The molecule has 3 aromatic rings. The van der Waals surface area contributed by atoms with Gasteiger partial charge in [0.2, 0.25) is 0 Å². The van der Waals surface area contributed by atoms with Crippen LogP contribution in [0, 0.1) is 5.82 Å². The van der Waals surface area contributed by atoms with Gasteiger partial charge >= 0.3 is 6.03 Å². The van der Waals surface area contributed by atoms with Gasteiger partial charge in [0.1, 0.15) is 11.4 Å². The van der Waals surface area contributed by atoms with Crippen molar-refractivity contribution in [3.05, 3.63) is 99.2 Å². The van der Waals surface area contributed by atoms with E-state index in [9.17, 15) is 18.8 Å². The molecular weight excluding hydrogens is 399 g/mol. The minimum absolute atomic E-state index is 0.0976. The van der Waals surface area contributed by atoms with E-state index in [-0.39, 0.29) is 12.1 Å². The number of urea groups is 1. The number of aromatic nitrogens is 1. The first-order valence-electron chi connectivity index (χ1n) is 8.49. The molecule has 0 saturated heterocycles. The van der Waals surface area contributed by atoms with Gasteiger partial charge in [-0.1, -0.05) is 29.8 Å². The van der Waals surface area contributed by atoms with Gasteiger partial charge in [0.15, 0.2) is 0 Å². The molecule has 0 saturated carbocycles. The third-order valence-corrected chi connectivity index (χ3v) is 4.11. The van der Waals surface area contributed by atoms with Crippen molar-refractivity contribution < 1.29 is 14.0 Å². The first-order chi connectivity index (χ1) is 13.9. The van der Waals surface area contributed by atoms with Crippen LogP contribution in [0.1, 0.15) is 15.9 Å². The van der Waals surface area contributed by atoms with Gasteiger partial charge in [-0.15, -0.1) is 0 Å². The molecule has 0 spiro atoms. The van der Waals surface area contributed by atoms with Crippen molar-refractivity contribution in [3.8, 4) is 0 Å². The average Bonchev–Trinajstić information content (AvgIpc) is 2.68. The molecule has 148 valence electrons. The molecule has 0 aliphatic heterocycles. The van der Waals surface area contributed by atoms with E-state index in [1.54, 1.807) is 24.3 Å². The molecule has 0 aliphatic carbocycles. The molecule has 2 aromatic carbocycles. The number of nitrogens with one attached hydrogen (secondary N) is 3. The fourth-order valence-corrected chi connectivity index (χ4v) is 2.77. The van der Waals surface area contributed by atoms with Gasteiger partial charge in [-0.3, -0.25) is 15.0 Å². The molecule has 0 unspecified atom stereocenters. The van der Waals surface area contributed by atoms with Crippen LogP contribution in [0.3, 0.4) is 0 Å². The van der Waals surface area contributed by atoms with E-state index < -0.39 is 23.3 Å². The molecule has 29 heavy (non-hydrogen) atoms. The average molecular weight is 415 g/mol. The Morgan fingerprint density at radius 1 is 1.00 bits per heavy atom. The lowest BCUT2D eigenvalue weighted by Crippen LogP contribution is -2.45. The maximum atomic E-state index is 13.3. The predicted octanol–water partition coefficient (Wildman–Crippen LogP) is 3.16. The van der Waals surface area contributed by atoms with E-state index in [0.717, 1.165) is 0 Å². The highest BCUT2D eigenvalue weighted by atomic mass is 35.5. The Morgan fingerprint density at radius 2 is 1.79 bits per heavy atom. The van der Waals surface area contributed by atoms with Crippen molar-refractivity contribution in [2.24, 2.45) is 0 Å². The Labute approximate surface area is 170 Å². The quantitative estimate of drug-likeness (QED) is 0.572. The van der Waals surface area contributed by atoms with Gasteiger partial charge in [0, 0.05) is 16.9 Å². The van der Waals surface area contributed by atoms with Crippen LogP contribution in [-0.4, -0.2) is 16.5 Å². The fraction of sp³-hybridized carbons (Fsp3) is 0.0500. The summed E-state index contributed by atoms with van der Waals surface area (Å²) >= 11 is 5.84. The van der Waals surface area contributed by atoms with E-state index >= 15 is 0 Å². The number of anilines is 1. The van der Waals surface area contributed by atoms with Crippen LogP contribution in [0.15, 0.2) is 71.7 Å². The topological polar surface area (TPSA) is 92.2 Å². The Morgan fingerprint density at radius 3 is 2.55 bits per heavy atom. The molecule has 0 atom stereocenters. The number of hydrogen-bond acceptors (Lipinski definition) is 3. The van der Waals surface area contributed by atoms with Gasteiger partial charge in [0.05, 0.1) is 6.54 Å².